The molecule has 0 bridgehead atoms. The molecule has 0 aliphatic heterocycles. The lowest BCUT2D eigenvalue weighted by Gasteiger charge is -2.17. The number of aliphatic hydroxyl groups excluding tert-OH is 1. The summed E-state index contributed by atoms with van der Waals surface area (Å²) in [6, 6.07) is 3.47. The molecule has 1 unspecified atom stereocenters. The molecule has 4 N–H and O–H groups in total. The van der Waals surface area contributed by atoms with Crippen molar-refractivity contribution in [2.24, 2.45) is 5.73 Å². The highest BCUT2D eigenvalue weighted by Gasteiger charge is 2.17. The van der Waals surface area contributed by atoms with Gasteiger partial charge in [-0.3, -0.25) is 0 Å². The summed E-state index contributed by atoms with van der Waals surface area (Å²) in [7, 11) is 1.46. The standard InChI is InChI=1S/C12H19NO3/c1-7(2)8-4-9(11(15)6-13)12(16-3)10(14)5-8/h4-5,7,11,14-15H,6,13H2,1-3H3. The van der Waals surface area contributed by atoms with E-state index in [1.165, 1.54) is 7.11 Å². The van der Waals surface area contributed by atoms with E-state index in [-0.39, 0.29) is 18.2 Å². The van der Waals surface area contributed by atoms with Crippen molar-refractivity contribution >= 4 is 0 Å². The van der Waals surface area contributed by atoms with Crippen LogP contribution in [0.15, 0.2) is 12.1 Å². The van der Waals surface area contributed by atoms with Crippen LogP contribution in [0.5, 0.6) is 11.5 Å². The summed E-state index contributed by atoms with van der Waals surface area (Å²) in [5.74, 6) is 0.596. The molecule has 0 saturated carbocycles. The van der Waals surface area contributed by atoms with E-state index in [9.17, 15) is 10.2 Å². The number of nitrogens with two attached hydrogens (primary N) is 1. The quantitative estimate of drug-likeness (QED) is 0.726. The molecule has 0 fully saturated rings. The maximum absolute atomic E-state index is 9.79. The second-order valence-electron chi connectivity index (χ2n) is 4.07. The Balaban J connectivity index is 3.30. The molecule has 1 rings (SSSR count). The van der Waals surface area contributed by atoms with Gasteiger partial charge in [0.15, 0.2) is 11.5 Å². The predicted octanol–water partition coefficient (Wildman–Crippen LogP) is 1.52. The van der Waals surface area contributed by atoms with E-state index in [2.05, 4.69) is 0 Å². The highest BCUT2D eigenvalue weighted by atomic mass is 16.5. The molecule has 1 atom stereocenters. The minimum absolute atomic E-state index is 0.0381. The highest BCUT2D eigenvalue weighted by Crippen LogP contribution is 2.36. The zero-order valence-corrected chi connectivity index (χ0v) is 9.90. The zero-order valence-electron chi connectivity index (χ0n) is 9.90. The van der Waals surface area contributed by atoms with E-state index in [0.717, 1.165) is 5.56 Å². The van der Waals surface area contributed by atoms with Crippen molar-refractivity contribution in [3.05, 3.63) is 23.3 Å². The Bertz CT molecular complexity index is 364. The molecule has 16 heavy (non-hydrogen) atoms. The van der Waals surface area contributed by atoms with Crippen LogP contribution in [-0.4, -0.2) is 23.9 Å². The summed E-state index contributed by atoms with van der Waals surface area (Å²) >= 11 is 0. The molecule has 1 aromatic rings. The largest absolute Gasteiger partial charge is 0.504 e. The van der Waals surface area contributed by atoms with Crippen molar-refractivity contribution in [3.63, 3.8) is 0 Å². The number of aliphatic hydroxyl groups is 1. The van der Waals surface area contributed by atoms with Crippen LogP contribution in [0.25, 0.3) is 0 Å². The Morgan fingerprint density at radius 3 is 2.44 bits per heavy atom. The number of rotatable bonds is 4. The van der Waals surface area contributed by atoms with E-state index in [4.69, 9.17) is 10.5 Å². The van der Waals surface area contributed by atoms with E-state index in [0.29, 0.717) is 11.3 Å². The first-order chi connectivity index (χ1) is 7.51. The predicted molar refractivity (Wildman–Crippen MR) is 62.8 cm³/mol. The fourth-order valence-electron chi connectivity index (χ4n) is 1.59. The molecule has 0 spiro atoms. The SMILES string of the molecule is COc1c(O)cc(C(C)C)cc1C(O)CN. The highest BCUT2D eigenvalue weighted by molar-refractivity contribution is 5.50. The molecule has 0 aliphatic rings. The first kappa shape index (κ1) is 12.8. The minimum Gasteiger partial charge on any atom is -0.504 e. The van der Waals surface area contributed by atoms with Crippen molar-refractivity contribution < 1.29 is 14.9 Å². The Kier molecular flexibility index (Phi) is 4.15. The van der Waals surface area contributed by atoms with Crippen LogP contribution in [0.1, 0.15) is 37.0 Å². The molecule has 4 nitrogen and oxygen atoms in total. The van der Waals surface area contributed by atoms with E-state index < -0.39 is 6.10 Å². The average Bonchev–Trinajstić information content (AvgIpc) is 2.26. The molecule has 0 amide bonds. The Labute approximate surface area is 95.7 Å². The van der Waals surface area contributed by atoms with Gasteiger partial charge in [0.05, 0.1) is 13.2 Å². The number of aromatic hydroxyl groups is 1. The van der Waals surface area contributed by atoms with E-state index in [1.54, 1.807) is 6.07 Å². The fourth-order valence-corrected chi connectivity index (χ4v) is 1.59. The maximum Gasteiger partial charge on any atom is 0.166 e. The summed E-state index contributed by atoms with van der Waals surface area (Å²) in [6.45, 7) is 4.12. The summed E-state index contributed by atoms with van der Waals surface area (Å²) < 4.78 is 5.07. The molecule has 90 valence electrons. The normalized spacial score (nSPS) is 12.9. The fraction of sp³-hybridized carbons (Fsp3) is 0.500. The molecule has 0 heterocycles. The number of benzene rings is 1. The summed E-state index contributed by atoms with van der Waals surface area (Å²) in [6.07, 6.45) is -0.820. The molecule has 0 aromatic heterocycles. The lowest BCUT2D eigenvalue weighted by molar-refractivity contribution is 0.181. The molecular weight excluding hydrogens is 206 g/mol. The molecule has 1 aromatic carbocycles. The van der Waals surface area contributed by atoms with Crippen molar-refractivity contribution in [1.29, 1.82) is 0 Å². The summed E-state index contributed by atoms with van der Waals surface area (Å²) in [5.41, 5.74) is 6.90. The number of phenols is 1. The number of hydrogen-bond acceptors (Lipinski definition) is 4. The van der Waals surface area contributed by atoms with Gasteiger partial charge in [0.1, 0.15) is 0 Å². The second kappa shape index (κ2) is 5.18. The molecule has 0 saturated heterocycles. The van der Waals surface area contributed by atoms with Gasteiger partial charge in [0.25, 0.3) is 0 Å². The Morgan fingerprint density at radius 2 is 2.00 bits per heavy atom. The number of phenolic OH excluding ortho intramolecular Hbond substituents is 1. The third kappa shape index (κ3) is 2.46. The first-order valence-corrected chi connectivity index (χ1v) is 5.30. The van der Waals surface area contributed by atoms with Crippen LogP contribution in [0, 0.1) is 0 Å². The van der Waals surface area contributed by atoms with Crippen molar-refractivity contribution in [3.8, 4) is 11.5 Å². The Hall–Kier alpha value is -1.26. The monoisotopic (exact) mass is 225 g/mol. The van der Waals surface area contributed by atoms with Gasteiger partial charge in [-0.15, -0.1) is 0 Å². The van der Waals surface area contributed by atoms with Crippen LogP contribution < -0.4 is 10.5 Å². The first-order valence-electron chi connectivity index (χ1n) is 5.30. The van der Waals surface area contributed by atoms with Gasteiger partial charge < -0.3 is 20.7 Å². The van der Waals surface area contributed by atoms with Gasteiger partial charge in [0.2, 0.25) is 0 Å². The summed E-state index contributed by atoms with van der Waals surface area (Å²) in [5, 5.41) is 19.5. The zero-order chi connectivity index (χ0) is 12.3. The van der Waals surface area contributed by atoms with Crippen molar-refractivity contribution in [2.75, 3.05) is 13.7 Å². The van der Waals surface area contributed by atoms with Crippen LogP contribution in [0.2, 0.25) is 0 Å². The van der Waals surface area contributed by atoms with Crippen LogP contribution >= 0.6 is 0 Å². The van der Waals surface area contributed by atoms with Crippen LogP contribution in [-0.2, 0) is 0 Å². The van der Waals surface area contributed by atoms with Gasteiger partial charge in [-0.2, -0.15) is 0 Å². The van der Waals surface area contributed by atoms with Gasteiger partial charge >= 0.3 is 0 Å². The average molecular weight is 225 g/mol. The Morgan fingerprint density at radius 1 is 1.38 bits per heavy atom. The number of methoxy groups -OCH3 is 1. The van der Waals surface area contributed by atoms with Gasteiger partial charge in [-0.1, -0.05) is 13.8 Å². The molecular formula is C12H19NO3. The molecule has 0 radical (unpaired) electrons. The van der Waals surface area contributed by atoms with Crippen molar-refractivity contribution in [2.45, 2.75) is 25.9 Å². The van der Waals surface area contributed by atoms with E-state index >= 15 is 0 Å². The van der Waals surface area contributed by atoms with E-state index in [1.807, 2.05) is 19.9 Å². The number of hydrogen-bond donors (Lipinski definition) is 3. The molecule has 0 aliphatic carbocycles. The van der Waals surface area contributed by atoms with Gasteiger partial charge in [-0.25, -0.2) is 0 Å². The topological polar surface area (TPSA) is 75.7 Å². The third-order valence-electron chi connectivity index (χ3n) is 2.57. The van der Waals surface area contributed by atoms with Gasteiger partial charge in [0, 0.05) is 12.1 Å². The van der Waals surface area contributed by atoms with Crippen LogP contribution in [0.4, 0.5) is 0 Å². The smallest absolute Gasteiger partial charge is 0.166 e. The third-order valence-corrected chi connectivity index (χ3v) is 2.57. The minimum atomic E-state index is -0.820. The van der Waals surface area contributed by atoms with Crippen LogP contribution in [0.3, 0.4) is 0 Å². The maximum atomic E-state index is 9.79. The lowest BCUT2D eigenvalue weighted by atomic mass is 9.97. The second-order valence-corrected chi connectivity index (χ2v) is 4.07. The summed E-state index contributed by atoms with van der Waals surface area (Å²) in [4.78, 5) is 0. The lowest BCUT2D eigenvalue weighted by Crippen LogP contribution is -2.13. The van der Waals surface area contributed by atoms with Crippen molar-refractivity contribution in [1.82, 2.24) is 0 Å². The van der Waals surface area contributed by atoms with Gasteiger partial charge in [-0.05, 0) is 23.6 Å². The molecule has 4 heteroatoms. The number of ether oxygens (including phenoxy) is 1.